The number of para-hydroxylation sites is 2. The number of halogens is 1. The molecule has 0 spiro atoms. The fourth-order valence-corrected chi connectivity index (χ4v) is 1.80. The van der Waals surface area contributed by atoms with E-state index in [0.29, 0.717) is 5.56 Å². The minimum atomic E-state index is -0.448. The largest absolute Gasteiger partial charge is 0.508 e. The van der Waals surface area contributed by atoms with Crippen LogP contribution in [0.5, 0.6) is 5.75 Å². The molecular weight excluding hydrogens is 245 g/mol. The normalized spacial score (nSPS) is 10.2. The van der Waals surface area contributed by atoms with Crippen molar-refractivity contribution in [1.29, 1.82) is 0 Å². The highest BCUT2D eigenvalue weighted by molar-refractivity contribution is 5.94. The average Bonchev–Trinajstić information content (AvgIpc) is 2.41. The number of hydrogen-bond donors (Lipinski definition) is 1. The van der Waals surface area contributed by atoms with Crippen molar-refractivity contribution in [2.24, 2.45) is 0 Å². The Morgan fingerprint density at radius 2 is 1.79 bits per heavy atom. The first-order chi connectivity index (χ1) is 9.09. The summed E-state index contributed by atoms with van der Waals surface area (Å²) in [6, 6.07) is 12.7. The number of hydrogen-bond acceptors (Lipinski definition) is 2. The molecular formula is C15H14FNO2. The number of phenolic OH excluding ortho intramolecular Hbond substituents is 1. The van der Waals surface area contributed by atoms with Crippen molar-refractivity contribution in [2.75, 3.05) is 11.9 Å². The summed E-state index contributed by atoms with van der Waals surface area (Å²) in [6.07, 6.45) is 0.0253. The zero-order chi connectivity index (χ0) is 13.8. The van der Waals surface area contributed by atoms with E-state index in [-0.39, 0.29) is 23.8 Å². The van der Waals surface area contributed by atoms with E-state index in [2.05, 4.69) is 0 Å². The van der Waals surface area contributed by atoms with Gasteiger partial charge in [0.25, 0.3) is 0 Å². The van der Waals surface area contributed by atoms with E-state index in [0.717, 1.165) is 0 Å². The Hall–Kier alpha value is -2.36. The summed E-state index contributed by atoms with van der Waals surface area (Å²) in [6.45, 7) is 0. The smallest absolute Gasteiger partial charge is 0.231 e. The third kappa shape index (κ3) is 2.91. The SMILES string of the molecule is CN(C(=O)Cc1ccccc1O)c1ccccc1F. The Morgan fingerprint density at radius 1 is 1.16 bits per heavy atom. The van der Waals surface area contributed by atoms with Gasteiger partial charge in [0.15, 0.2) is 0 Å². The van der Waals surface area contributed by atoms with Crippen LogP contribution < -0.4 is 4.90 Å². The van der Waals surface area contributed by atoms with Crippen LogP contribution in [0, 0.1) is 5.82 Å². The van der Waals surface area contributed by atoms with Crippen LogP contribution in [-0.4, -0.2) is 18.1 Å². The van der Waals surface area contributed by atoms with Crippen LogP contribution in [0.4, 0.5) is 10.1 Å². The summed E-state index contributed by atoms with van der Waals surface area (Å²) in [4.78, 5) is 13.3. The molecule has 3 nitrogen and oxygen atoms in total. The zero-order valence-electron chi connectivity index (χ0n) is 10.5. The summed E-state index contributed by atoms with van der Waals surface area (Å²) in [7, 11) is 1.51. The predicted molar refractivity (Wildman–Crippen MR) is 71.6 cm³/mol. The first-order valence-corrected chi connectivity index (χ1v) is 5.87. The topological polar surface area (TPSA) is 40.5 Å². The van der Waals surface area contributed by atoms with Gasteiger partial charge in [-0.15, -0.1) is 0 Å². The number of carbonyl (C=O) groups excluding carboxylic acids is 1. The predicted octanol–water partition coefficient (Wildman–Crippen LogP) is 2.74. The number of anilines is 1. The number of amides is 1. The fraction of sp³-hybridized carbons (Fsp3) is 0.133. The summed E-state index contributed by atoms with van der Waals surface area (Å²) < 4.78 is 13.6. The molecule has 0 aliphatic rings. The van der Waals surface area contributed by atoms with Gasteiger partial charge in [0, 0.05) is 12.6 Å². The maximum atomic E-state index is 13.6. The van der Waals surface area contributed by atoms with Crippen LogP contribution in [0.15, 0.2) is 48.5 Å². The molecule has 0 bridgehead atoms. The molecule has 0 aliphatic carbocycles. The second-order valence-electron chi connectivity index (χ2n) is 4.21. The minimum Gasteiger partial charge on any atom is -0.508 e. The van der Waals surface area contributed by atoms with Crippen LogP contribution >= 0.6 is 0 Å². The lowest BCUT2D eigenvalue weighted by molar-refractivity contribution is -0.117. The van der Waals surface area contributed by atoms with Gasteiger partial charge in [-0.25, -0.2) is 4.39 Å². The summed E-state index contributed by atoms with van der Waals surface area (Å²) in [5, 5.41) is 9.62. The number of benzene rings is 2. The van der Waals surface area contributed by atoms with Crippen LogP contribution in [0.2, 0.25) is 0 Å². The van der Waals surface area contributed by atoms with Gasteiger partial charge in [-0.2, -0.15) is 0 Å². The highest BCUT2D eigenvalue weighted by Crippen LogP contribution is 2.20. The molecule has 0 saturated heterocycles. The highest BCUT2D eigenvalue weighted by atomic mass is 19.1. The van der Waals surface area contributed by atoms with E-state index in [1.165, 1.54) is 30.1 Å². The van der Waals surface area contributed by atoms with Crippen molar-refractivity contribution in [3.8, 4) is 5.75 Å². The molecule has 0 aliphatic heterocycles. The van der Waals surface area contributed by atoms with Gasteiger partial charge < -0.3 is 10.0 Å². The number of nitrogens with zero attached hydrogens (tertiary/aromatic N) is 1. The van der Waals surface area contributed by atoms with Gasteiger partial charge in [-0.05, 0) is 18.2 Å². The van der Waals surface area contributed by atoms with Crippen molar-refractivity contribution in [1.82, 2.24) is 0 Å². The zero-order valence-corrected chi connectivity index (χ0v) is 10.5. The van der Waals surface area contributed by atoms with Gasteiger partial charge >= 0.3 is 0 Å². The molecule has 98 valence electrons. The van der Waals surface area contributed by atoms with Crippen LogP contribution in [0.25, 0.3) is 0 Å². The summed E-state index contributed by atoms with van der Waals surface area (Å²) >= 11 is 0. The number of likely N-dealkylation sites (N-methyl/N-ethyl adjacent to an activating group) is 1. The van der Waals surface area contributed by atoms with Crippen LogP contribution in [0.1, 0.15) is 5.56 Å². The third-order valence-corrected chi connectivity index (χ3v) is 2.92. The van der Waals surface area contributed by atoms with Gasteiger partial charge in [-0.1, -0.05) is 30.3 Å². The van der Waals surface area contributed by atoms with E-state index in [4.69, 9.17) is 0 Å². The second kappa shape index (κ2) is 5.52. The molecule has 1 amide bonds. The molecule has 19 heavy (non-hydrogen) atoms. The first kappa shape index (κ1) is 13.1. The molecule has 0 saturated carbocycles. The minimum absolute atomic E-state index is 0.0253. The lowest BCUT2D eigenvalue weighted by atomic mass is 10.1. The molecule has 2 rings (SSSR count). The maximum Gasteiger partial charge on any atom is 0.231 e. The lowest BCUT2D eigenvalue weighted by Gasteiger charge is -2.18. The maximum absolute atomic E-state index is 13.6. The van der Waals surface area contributed by atoms with Crippen molar-refractivity contribution in [3.63, 3.8) is 0 Å². The Morgan fingerprint density at radius 3 is 2.47 bits per heavy atom. The number of phenols is 1. The number of carbonyl (C=O) groups is 1. The molecule has 4 heteroatoms. The molecule has 0 unspecified atom stereocenters. The fourth-order valence-electron chi connectivity index (χ4n) is 1.80. The molecule has 0 radical (unpaired) electrons. The first-order valence-electron chi connectivity index (χ1n) is 5.87. The summed E-state index contributed by atoms with van der Waals surface area (Å²) in [5.41, 5.74) is 0.749. The van der Waals surface area contributed by atoms with Gasteiger partial charge in [0.2, 0.25) is 5.91 Å². The Labute approximate surface area is 110 Å². The Kier molecular flexibility index (Phi) is 3.80. The van der Waals surface area contributed by atoms with Gasteiger partial charge in [-0.3, -0.25) is 4.79 Å². The average molecular weight is 259 g/mol. The van der Waals surface area contributed by atoms with E-state index >= 15 is 0 Å². The van der Waals surface area contributed by atoms with Crippen molar-refractivity contribution < 1.29 is 14.3 Å². The van der Waals surface area contributed by atoms with Gasteiger partial charge in [0.1, 0.15) is 11.6 Å². The second-order valence-corrected chi connectivity index (χ2v) is 4.21. The van der Waals surface area contributed by atoms with Crippen LogP contribution in [0.3, 0.4) is 0 Å². The van der Waals surface area contributed by atoms with E-state index in [1.54, 1.807) is 30.3 Å². The van der Waals surface area contributed by atoms with Crippen LogP contribution in [-0.2, 0) is 11.2 Å². The summed E-state index contributed by atoms with van der Waals surface area (Å²) in [5.74, 6) is -0.667. The molecule has 0 atom stereocenters. The molecule has 0 fully saturated rings. The quantitative estimate of drug-likeness (QED) is 0.920. The Bertz CT molecular complexity index is 598. The number of aromatic hydroxyl groups is 1. The van der Waals surface area contributed by atoms with E-state index < -0.39 is 5.82 Å². The van der Waals surface area contributed by atoms with E-state index in [9.17, 15) is 14.3 Å². The molecule has 1 N–H and O–H groups in total. The third-order valence-electron chi connectivity index (χ3n) is 2.92. The molecule has 0 aromatic heterocycles. The van der Waals surface area contributed by atoms with Crippen molar-refractivity contribution in [2.45, 2.75) is 6.42 Å². The lowest BCUT2D eigenvalue weighted by Crippen LogP contribution is -2.28. The Balaban J connectivity index is 2.17. The molecule has 2 aromatic rings. The van der Waals surface area contributed by atoms with Gasteiger partial charge in [0.05, 0.1) is 12.1 Å². The van der Waals surface area contributed by atoms with E-state index in [1.807, 2.05) is 0 Å². The molecule has 2 aromatic carbocycles. The highest BCUT2D eigenvalue weighted by Gasteiger charge is 2.15. The van der Waals surface area contributed by atoms with Crippen molar-refractivity contribution in [3.05, 3.63) is 59.9 Å². The number of rotatable bonds is 3. The van der Waals surface area contributed by atoms with Crippen molar-refractivity contribution >= 4 is 11.6 Å². The standard InChI is InChI=1S/C15H14FNO2/c1-17(13-8-4-3-7-12(13)16)15(19)10-11-6-2-5-9-14(11)18/h2-9,18H,10H2,1H3. The monoisotopic (exact) mass is 259 g/mol. The molecule has 0 heterocycles.